The summed E-state index contributed by atoms with van der Waals surface area (Å²) in [5, 5.41) is 10.1. The number of hydrogen-bond acceptors (Lipinski definition) is 3. The molecule has 1 amide bonds. The summed E-state index contributed by atoms with van der Waals surface area (Å²) in [5.74, 6) is -0.501. The van der Waals surface area contributed by atoms with Crippen LogP contribution in [-0.4, -0.2) is 15.5 Å². The number of amides is 1. The first-order chi connectivity index (χ1) is 5.65. The molecule has 0 aromatic carbocycles. The molecule has 0 saturated carbocycles. The number of aryl methyl sites for hydroxylation is 1. The number of aromatic nitrogens is 2. The van der Waals surface area contributed by atoms with Crippen LogP contribution in [0.5, 0.6) is 0 Å². The molecule has 62 valence electrons. The van der Waals surface area contributed by atoms with Gasteiger partial charge in [-0.1, -0.05) is 0 Å². The molecule has 0 atom stereocenters. The van der Waals surface area contributed by atoms with E-state index in [9.17, 15) is 4.79 Å². The van der Waals surface area contributed by atoms with E-state index in [1.807, 2.05) is 5.32 Å². The van der Waals surface area contributed by atoms with Crippen LogP contribution in [0.2, 0.25) is 0 Å². The van der Waals surface area contributed by atoms with E-state index in [-0.39, 0.29) is 5.69 Å². The summed E-state index contributed by atoms with van der Waals surface area (Å²) in [6.07, 6.45) is 3.06. The van der Waals surface area contributed by atoms with Crippen LogP contribution in [0, 0.1) is 11.5 Å². The molecular weight excluding hydrogens is 224 g/mol. The summed E-state index contributed by atoms with van der Waals surface area (Å²) >= 11 is 3.12. The third-order valence-corrected chi connectivity index (χ3v) is 1.96. The maximum Gasteiger partial charge on any atom is 0.284 e. The van der Waals surface area contributed by atoms with Crippen molar-refractivity contribution in [1.82, 2.24) is 14.9 Å². The monoisotopic (exact) mass is 228 g/mol. The molecule has 0 unspecified atom stereocenters. The number of nitrogens with zero attached hydrogens (tertiary/aromatic N) is 3. The van der Waals surface area contributed by atoms with E-state index in [1.165, 1.54) is 12.4 Å². The van der Waals surface area contributed by atoms with Gasteiger partial charge in [-0.3, -0.25) is 10.1 Å². The van der Waals surface area contributed by atoms with Gasteiger partial charge in [-0.15, -0.1) is 0 Å². The van der Waals surface area contributed by atoms with Crippen molar-refractivity contribution in [3.8, 4) is 6.19 Å². The molecule has 1 heterocycles. The third kappa shape index (κ3) is 1.62. The zero-order chi connectivity index (χ0) is 9.14. The second-order valence-electron chi connectivity index (χ2n) is 2.07. The Morgan fingerprint density at radius 1 is 1.92 bits per heavy atom. The second-order valence-corrected chi connectivity index (χ2v) is 2.78. The molecule has 0 aliphatic heterocycles. The first kappa shape index (κ1) is 8.74. The van der Waals surface area contributed by atoms with Gasteiger partial charge in [0.15, 0.2) is 10.9 Å². The number of carbonyl (C=O) groups is 1. The summed E-state index contributed by atoms with van der Waals surface area (Å²) < 4.78 is 2.18. The van der Waals surface area contributed by atoms with Gasteiger partial charge in [0.2, 0.25) is 0 Å². The Balaban J connectivity index is 2.91. The minimum absolute atomic E-state index is 0.214. The van der Waals surface area contributed by atoms with Crippen molar-refractivity contribution in [2.24, 2.45) is 7.05 Å². The van der Waals surface area contributed by atoms with Crippen LogP contribution < -0.4 is 5.32 Å². The average Bonchev–Trinajstić information content (AvgIpc) is 2.33. The van der Waals surface area contributed by atoms with Gasteiger partial charge in [0.25, 0.3) is 5.91 Å². The molecule has 12 heavy (non-hydrogen) atoms. The number of nitriles is 1. The van der Waals surface area contributed by atoms with E-state index in [0.29, 0.717) is 4.73 Å². The summed E-state index contributed by atoms with van der Waals surface area (Å²) in [7, 11) is 1.74. The molecule has 0 spiro atoms. The van der Waals surface area contributed by atoms with Crippen molar-refractivity contribution >= 4 is 21.8 Å². The zero-order valence-electron chi connectivity index (χ0n) is 6.21. The molecule has 1 N–H and O–H groups in total. The molecule has 1 aromatic rings. The number of hydrogen-bond donors (Lipinski definition) is 1. The lowest BCUT2D eigenvalue weighted by Gasteiger charge is -1.87. The molecule has 0 saturated heterocycles. The Hall–Kier alpha value is -1.35. The lowest BCUT2D eigenvalue weighted by atomic mass is 10.4. The van der Waals surface area contributed by atoms with Crippen LogP contribution in [0.3, 0.4) is 0 Å². The highest BCUT2D eigenvalue weighted by Crippen LogP contribution is 2.07. The summed E-state index contributed by atoms with van der Waals surface area (Å²) in [6.45, 7) is 0. The topological polar surface area (TPSA) is 70.7 Å². The van der Waals surface area contributed by atoms with Crippen LogP contribution in [0.15, 0.2) is 10.9 Å². The Morgan fingerprint density at radius 3 is 3.00 bits per heavy atom. The lowest BCUT2D eigenvalue weighted by molar-refractivity contribution is 0.0968. The van der Waals surface area contributed by atoms with E-state index in [2.05, 4.69) is 20.9 Å². The highest BCUT2D eigenvalue weighted by atomic mass is 79.9. The lowest BCUT2D eigenvalue weighted by Crippen LogP contribution is -2.17. The quantitative estimate of drug-likeness (QED) is 0.559. The second kappa shape index (κ2) is 3.36. The highest BCUT2D eigenvalue weighted by Gasteiger charge is 2.09. The summed E-state index contributed by atoms with van der Waals surface area (Å²) in [6, 6.07) is 0. The molecular formula is C6H5BrN4O. The SMILES string of the molecule is Cn1cc(C(=O)NC#N)nc1Br. The van der Waals surface area contributed by atoms with Crippen LogP contribution in [-0.2, 0) is 7.05 Å². The van der Waals surface area contributed by atoms with Gasteiger partial charge in [0.1, 0.15) is 5.69 Å². The van der Waals surface area contributed by atoms with Gasteiger partial charge in [0, 0.05) is 13.2 Å². The number of carbonyl (C=O) groups excluding carboxylic acids is 1. The Morgan fingerprint density at radius 2 is 2.58 bits per heavy atom. The van der Waals surface area contributed by atoms with E-state index in [0.717, 1.165) is 0 Å². The Labute approximate surface area is 77.1 Å². The highest BCUT2D eigenvalue weighted by molar-refractivity contribution is 9.10. The number of halogens is 1. The van der Waals surface area contributed by atoms with Gasteiger partial charge < -0.3 is 4.57 Å². The molecule has 5 nitrogen and oxygen atoms in total. The van der Waals surface area contributed by atoms with Crippen molar-refractivity contribution in [2.75, 3.05) is 0 Å². The van der Waals surface area contributed by atoms with Crippen LogP contribution >= 0.6 is 15.9 Å². The minimum Gasteiger partial charge on any atom is -0.328 e. The predicted molar refractivity (Wildman–Crippen MR) is 44.0 cm³/mol. The van der Waals surface area contributed by atoms with E-state index >= 15 is 0 Å². The average molecular weight is 229 g/mol. The maximum atomic E-state index is 11.0. The van der Waals surface area contributed by atoms with Gasteiger partial charge in [0.05, 0.1) is 0 Å². The first-order valence-electron chi connectivity index (χ1n) is 3.03. The third-order valence-electron chi connectivity index (χ3n) is 1.22. The van der Waals surface area contributed by atoms with E-state index < -0.39 is 5.91 Å². The molecule has 6 heteroatoms. The largest absolute Gasteiger partial charge is 0.328 e. The predicted octanol–water partition coefficient (Wildman–Crippen LogP) is 0.393. The maximum absolute atomic E-state index is 11.0. The number of imidazole rings is 1. The van der Waals surface area contributed by atoms with Crippen molar-refractivity contribution in [3.05, 3.63) is 16.6 Å². The smallest absolute Gasteiger partial charge is 0.284 e. The normalized spacial score (nSPS) is 9.08. The fourth-order valence-corrected chi connectivity index (χ4v) is 0.961. The molecule has 0 bridgehead atoms. The van der Waals surface area contributed by atoms with Crippen molar-refractivity contribution in [2.45, 2.75) is 0 Å². The van der Waals surface area contributed by atoms with E-state index in [4.69, 9.17) is 5.26 Å². The van der Waals surface area contributed by atoms with Gasteiger partial charge in [-0.25, -0.2) is 4.98 Å². The van der Waals surface area contributed by atoms with Crippen LogP contribution in [0.25, 0.3) is 0 Å². The molecule has 0 aliphatic rings. The molecule has 0 fully saturated rings. The van der Waals surface area contributed by atoms with Crippen molar-refractivity contribution in [3.63, 3.8) is 0 Å². The standard InChI is InChI=1S/C6H5BrN4O/c1-11-2-4(10-6(11)7)5(12)9-3-8/h2H,1H3,(H,9,12). The summed E-state index contributed by atoms with van der Waals surface area (Å²) in [4.78, 5) is 14.8. The van der Waals surface area contributed by atoms with E-state index in [1.54, 1.807) is 11.6 Å². The van der Waals surface area contributed by atoms with Crippen molar-refractivity contribution < 1.29 is 4.79 Å². The minimum atomic E-state index is -0.501. The first-order valence-corrected chi connectivity index (χ1v) is 3.82. The van der Waals surface area contributed by atoms with Gasteiger partial charge in [-0.2, -0.15) is 5.26 Å². The number of nitrogens with one attached hydrogen (secondary N) is 1. The van der Waals surface area contributed by atoms with Gasteiger partial charge in [-0.05, 0) is 15.9 Å². The number of rotatable bonds is 1. The molecule has 0 aliphatic carbocycles. The summed E-state index contributed by atoms with van der Waals surface area (Å²) in [5.41, 5.74) is 0.214. The van der Waals surface area contributed by atoms with Gasteiger partial charge >= 0.3 is 0 Å². The Bertz CT molecular complexity index is 331. The fraction of sp³-hybridized carbons (Fsp3) is 0.167. The zero-order valence-corrected chi connectivity index (χ0v) is 7.79. The molecule has 0 radical (unpaired) electrons. The molecule has 1 rings (SSSR count). The van der Waals surface area contributed by atoms with Crippen LogP contribution in [0.1, 0.15) is 10.5 Å². The fourth-order valence-electron chi connectivity index (χ4n) is 0.668. The molecule has 1 aromatic heterocycles. The Kier molecular flexibility index (Phi) is 2.45. The van der Waals surface area contributed by atoms with Crippen LogP contribution in [0.4, 0.5) is 0 Å². The van der Waals surface area contributed by atoms with Crippen molar-refractivity contribution in [1.29, 1.82) is 5.26 Å².